The van der Waals surface area contributed by atoms with Crippen molar-refractivity contribution in [2.75, 3.05) is 5.73 Å². The highest BCUT2D eigenvalue weighted by Crippen LogP contribution is 2.09. The minimum atomic E-state index is 0.539. The lowest BCUT2D eigenvalue weighted by Crippen LogP contribution is -2.07. The van der Waals surface area contributed by atoms with Crippen molar-refractivity contribution in [2.24, 2.45) is 0 Å². The van der Waals surface area contributed by atoms with E-state index in [2.05, 4.69) is 22.2 Å². The monoisotopic (exact) mass is 217 g/mol. The van der Waals surface area contributed by atoms with Gasteiger partial charge < -0.3 is 5.73 Å². The predicted molar refractivity (Wildman–Crippen MR) is 61.8 cm³/mol. The Morgan fingerprint density at radius 1 is 1.31 bits per heavy atom. The third kappa shape index (κ3) is 2.18. The van der Waals surface area contributed by atoms with E-state index in [1.807, 2.05) is 16.8 Å². The molecule has 2 aromatic rings. The molecule has 16 heavy (non-hydrogen) atoms. The Balaban J connectivity index is 2.05. The molecule has 0 unspecified atom stereocenters. The summed E-state index contributed by atoms with van der Waals surface area (Å²) in [5, 5.41) is 7.91. The van der Waals surface area contributed by atoms with E-state index in [1.165, 1.54) is 5.56 Å². The Hall–Kier alpha value is -1.91. The summed E-state index contributed by atoms with van der Waals surface area (Å²) in [5.74, 6) is 0.539. The predicted octanol–water partition coefficient (Wildman–Crippen LogP) is 1.06. The van der Waals surface area contributed by atoms with Gasteiger partial charge in [0.15, 0.2) is 5.82 Å². The lowest BCUT2D eigenvalue weighted by atomic mass is 10.2. The zero-order valence-corrected chi connectivity index (χ0v) is 9.30. The maximum atomic E-state index is 5.72. The first-order valence-electron chi connectivity index (χ1n) is 5.38. The summed E-state index contributed by atoms with van der Waals surface area (Å²) in [4.78, 5) is 3.98. The minimum Gasteiger partial charge on any atom is -0.381 e. The summed E-state index contributed by atoms with van der Waals surface area (Å²) in [7, 11) is 0. The Kier molecular flexibility index (Phi) is 3.14. The van der Waals surface area contributed by atoms with Gasteiger partial charge in [-0.2, -0.15) is 0 Å². The molecular formula is C11H15N5. The number of nitrogens with zero attached hydrogens (tertiary/aromatic N) is 4. The van der Waals surface area contributed by atoms with Gasteiger partial charge in [0.1, 0.15) is 0 Å². The van der Waals surface area contributed by atoms with Gasteiger partial charge >= 0.3 is 0 Å². The van der Waals surface area contributed by atoms with Gasteiger partial charge in [0.2, 0.25) is 0 Å². The topological polar surface area (TPSA) is 69.6 Å². The first-order valence-corrected chi connectivity index (χ1v) is 5.38. The molecule has 0 fully saturated rings. The number of aryl methyl sites for hydroxylation is 2. The molecule has 0 atom stereocenters. The third-order valence-electron chi connectivity index (χ3n) is 2.56. The standard InChI is InChI=1S/C11H15N5/c1-2-10-11(12)14-15-16(10)8-5-9-3-6-13-7-4-9/h3-4,6-7H,2,5,8,12H2,1H3. The van der Waals surface area contributed by atoms with Crippen molar-refractivity contribution < 1.29 is 0 Å². The van der Waals surface area contributed by atoms with Gasteiger partial charge in [-0.15, -0.1) is 5.10 Å². The lowest BCUT2D eigenvalue weighted by molar-refractivity contribution is 0.567. The second-order valence-corrected chi connectivity index (χ2v) is 3.60. The number of hydrogen-bond donors (Lipinski definition) is 1. The van der Waals surface area contributed by atoms with E-state index in [9.17, 15) is 0 Å². The number of anilines is 1. The fourth-order valence-corrected chi connectivity index (χ4v) is 1.67. The van der Waals surface area contributed by atoms with E-state index >= 15 is 0 Å². The molecule has 0 radical (unpaired) electrons. The number of hydrogen-bond acceptors (Lipinski definition) is 4. The largest absolute Gasteiger partial charge is 0.381 e. The highest BCUT2D eigenvalue weighted by Gasteiger charge is 2.07. The van der Waals surface area contributed by atoms with Gasteiger partial charge in [-0.1, -0.05) is 12.1 Å². The van der Waals surface area contributed by atoms with Crippen LogP contribution in [0.2, 0.25) is 0 Å². The average molecular weight is 217 g/mol. The fourth-order valence-electron chi connectivity index (χ4n) is 1.67. The number of rotatable bonds is 4. The number of nitrogen functional groups attached to an aromatic ring is 1. The zero-order valence-electron chi connectivity index (χ0n) is 9.30. The molecule has 2 aromatic heterocycles. The highest BCUT2D eigenvalue weighted by atomic mass is 15.4. The van der Waals surface area contributed by atoms with Crippen LogP contribution in [0, 0.1) is 0 Å². The summed E-state index contributed by atoms with van der Waals surface area (Å²) >= 11 is 0. The van der Waals surface area contributed by atoms with Crippen LogP contribution < -0.4 is 5.73 Å². The van der Waals surface area contributed by atoms with Crippen LogP contribution in [0.5, 0.6) is 0 Å². The summed E-state index contributed by atoms with van der Waals surface area (Å²) in [5.41, 5.74) is 7.97. The van der Waals surface area contributed by atoms with Crippen molar-refractivity contribution in [3.8, 4) is 0 Å². The molecule has 5 heteroatoms. The first kappa shape index (κ1) is 10.6. The molecule has 0 saturated carbocycles. The fraction of sp³-hybridized carbons (Fsp3) is 0.364. The number of aromatic nitrogens is 4. The quantitative estimate of drug-likeness (QED) is 0.831. The molecule has 0 aliphatic carbocycles. The molecule has 5 nitrogen and oxygen atoms in total. The molecule has 84 valence electrons. The molecule has 0 aliphatic rings. The molecule has 2 rings (SSSR count). The maximum absolute atomic E-state index is 5.72. The normalized spacial score (nSPS) is 10.6. The van der Waals surface area contributed by atoms with Gasteiger partial charge in [-0.3, -0.25) is 4.98 Å². The number of nitrogens with two attached hydrogens (primary N) is 1. The van der Waals surface area contributed by atoms with Crippen LogP contribution in [-0.2, 0) is 19.4 Å². The summed E-state index contributed by atoms with van der Waals surface area (Å²) in [6.07, 6.45) is 5.37. The van der Waals surface area contributed by atoms with E-state index < -0.39 is 0 Å². The highest BCUT2D eigenvalue weighted by molar-refractivity contribution is 5.32. The van der Waals surface area contributed by atoms with E-state index in [4.69, 9.17) is 5.73 Å². The molecule has 2 heterocycles. The van der Waals surface area contributed by atoms with Crippen molar-refractivity contribution >= 4 is 5.82 Å². The molecular weight excluding hydrogens is 202 g/mol. The van der Waals surface area contributed by atoms with Crippen molar-refractivity contribution in [2.45, 2.75) is 26.3 Å². The van der Waals surface area contributed by atoms with Crippen LogP contribution in [0.15, 0.2) is 24.5 Å². The van der Waals surface area contributed by atoms with Gasteiger partial charge in [0.05, 0.1) is 5.69 Å². The Morgan fingerprint density at radius 3 is 2.75 bits per heavy atom. The SMILES string of the molecule is CCc1c(N)nnn1CCc1ccncc1. The van der Waals surface area contributed by atoms with Crippen molar-refractivity contribution in [3.05, 3.63) is 35.8 Å². The van der Waals surface area contributed by atoms with Crippen LogP contribution in [-0.4, -0.2) is 20.0 Å². The summed E-state index contributed by atoms with van der Waals surface area (Å²) < 4.78 is 1.87. The average Bonchev–Trinajstić information content (AvgIpc) is 2.68. The van der Waals surface area contributed by atoms with Crippen molar-refractivity contribution in [1.82, 2.24) is 20.0 Å². The summed E-state index contributed by atoms with van der Waals surface area (Å²) in [6, 6.07) is 4.01. The minimum absolute atomic E-state index is 0.539. The second kappa shape index (κ2) is 4.74. The van der Waals surface area contributed by atoms with Crippen LogP contribution in [0.4, 0.5) is 5.82 Å². The third-order valence-corrected chi connectivity index (χ3v) is 2.56. The lowest BCUT2D eigenvalue weighted by Gasteiger charge is -2.04. The van der Waals surface area contributed by atoms with Crippen molar-refractivity contribution in [3.63, 3.8) is 0 Å². The molecule has 0 aromatic carbocycles. The van der Waals surface area contributed by atoms with E-state index in [0.717, 1.165) is 25.1 Å². The molecule has 0 aliphatic heterocycles. The molecule has 0 saturated heterocycles. The number of pyridine rings is 1. The molecule has 0 bridgehead atoms. The van der Waals surface area contributed by atoms with Crippen LogP contribution in [0.3, 0.4) is 0 Å². The Labute approximate surface area is 94.3 Å². The molecule has 2 N–H and O–H groups in total. The van der Waals surface area contributed by atoms with Crippen LogP contribution >= 0.6 is 0 Å². The van der Waals surface area contributed by atoms with Gasteiger partial charge in [0, 0.05) is 18.9 Å². The first-order chi connectivity index (χ1) is 7.81. The Morgan fingerprint density at radius 2 is 2.06 bits per heavy atom. The molecule has 0 spiro atoms. The van der Waals surface area contributed by atoms with Gasteiger partial charge in [-0.25, -0.2) is 4.68 Å². The molecule has 0 amide bonds. The maximum Gasteiger partial charge on any atom is 0.169 e. The van der Waals surface area contributed by atoms with E-state index in [-0.39, 0.29) is 0 Å². The zero-order chi connectivity index (χ0) is 11.4. The smallest absolute Gasteiger partial charge is 0.169 e. The van der Waals surface area contributed by atoms with Crippen LogP contribution in [0.25, 0.3) is 0 Å². The second-order valence-electron chi connectivity index (χ2n) is 3.60. The summed E-state index contributed by atoms with van der Waals surface area (Å²) in [6.45, 7) is 2.86. The van der Waals surface area contributed by atoms with E-state index in [0.29, 0.717) is 5.82 Å². The Bertz CT molecular complexity index is 449. The van der Waals surface area contributed by atoms with Crippen molar-refractivity contribution in [1.29, 1.82) is 0 Å². The van der Waals surface area contributed by atoms with Crippen LogP contribution in [0.1, 0.15) is 18.2 Å². The van der Waals surface area contributed by atoms with Gasteiger partial charge in [-0.05, 0) is 30.5 Å². The van der Waals surface area contributed by atoms with Gasteiger partial charge in [0.25, 0.3) is 0 Å². The van der Waals surface area contributed by atoms with E-state index in [1.54, 1.807) is 12.4 Å².